The molecule has 0 fully saturated rings. The average Bonchev–Trinajstić information content (AvgIpc) is 2.27. The van der Waals surface area contributed by atoms with Gasteiger partial charge in [-0.25, -0.2) is 0 Å². The zero-order valence-corrected chi connectivity index (χ0v) is 11.8. The quantitative estimate of drug-likeness (QED) is 0.496. The van der Waals surface area contributed by atoms with Crippen LogP contribution in [-0.2, 0) is 12.0 Å². The predicted octanol–water partition coefficient (Wildman–Crippen LogP) is 2.18. The summed E-state index contributed by atoms with van der Waals surface area (Å²) in [6, 6.07) is 0. The molecule has 0 aliphatic carbocycles. The van der Waals surface area contributed by atoms with E-state index in [1.807, 2.05) is 0 Å². The summed E-state index contributed by atoms with van der Waals surface area (Å²) in [5.74, 6) is 0. The highest BCUT2D eigenvalue weighted by Gasteiger charge is 2.37. The van der Waals surface area contributed by atoms with Gasteiger partial charge in [0.2, 0.25) is 0 Å². The Hall–Kier alpha value is -2.22. The monoisotopic (exact) mass is 283 g/mol. The Morgan fingerprint density at radius 2 is 1.60 bits per heavy atom. The van der Waals surface area contributed by atoms with Gasteiger partial charge < -0.3 is 10.8 Å². The molecule has 0 aliphatic heterocycles. The first-order chi connectivity index (χ1) is 9.03. The minimum Gasteiger partial charge on any atom is -0.398 e. The van der Waals surface area contributed by atoms with Crippen molar-refractivity contribution in [3.8, 4) is 0 Å². The molecule has 110 valence electrons. The lowest BCUT2D eigenvalue weighted by atomic mass is 9.81. The molecule has 3 N–H and O–H groups in total. The maximum atomic E-state index is 11.3. The Labute approximate surface area is 115 Å². The van der Waals surface area contributed by atoms with Crippen molar-refractivity contribution in [2.24, 2.45) is 0 Å². The van der Waals surface area contributed by atoms with Gasteiger partial charge in [0.05, 0.1) is 33.3 Å². The standard InChI is InChI=1S/C12H17N3O5/c1-6-10(14(17)18)7(5-16)9(13)8(12(2,3)4)11(6)15(19)20/h16H,5,13H2,1-4H3. The summed E-state index contributed by atoms with van der Waals surface area (Å²) in [5.41, 5.74) is 4.25. The largest absolute Gasteiger partial charge is 0.398 e. The third kappa shape index (κ3) is 2.42. The fourth-order valence-electron chi connectivity index (χ4n) is 2.33. The number of nitrogens with two attached hydrogens (primary N) is 1. The van der Waals surface area contributed by atoms with Crippen LogP contribution in [0, 0.1) is 27.2 Å². The number of hydrogen-bond acceptors (Lipinski definition) is 6. The van der Waals surface area contributed by atoms with Gasteiger partial charge in [-0.2, -0.15) is 0 Å². The average molecular weight is 283 g/mol. The molecule has 0 bridgehead atoms. The minimum atomic E-state index is -0.753. The number of nitrogen functional groups attached to an aromatic ring is 1. The fraction of sp³-hybridized carbons (Fsp3) is 0.500. The second-order valence-electron chi connectivity index (χ2n) is 5.51. The third-order valence-electron chi connectivity index (χ3n) is 3.10. The summed E-state index contributed by atoms with van der Waals surface area (Å²) >= 11 is 0. The zero-order chi connectivity index (χ0) is 15.8. The molecule has 0 aliphatic rings. The van der Waals surface area contributed by atoms with Crippen LogP contribution in [0.1, 0.15) is 37.5 Å². The van der Waals surface area contributed by atoms with Crippen molar-refractivity contribution < 1.29 is 15.0 Å². The topological polar surface area (TPSA) is 133 Å². The van der Waals surface area contributed by atoms with Crippen molar-refractivity contribution in [1.82, 2.24) is 0 Å². The van der Waals surface area contributed by atoms with Crippen molar-refractivity contribution in [2.75, 3.05) is 5.73 Å². The molecule has 8 nitrogen and oxygen atoms in total. The SMILES string of the molecule is Cc1c([N+](=O)[O-])c(CO)c(N)c(C(C)(C)C)c1[N+](=O)[O-]. The molecule has 0 unspecified atom stereocenters. The van der Waals surface area contributed by atoms with Gasteiger partial charge in [-0.05, 0) is 12.3 Å². The van der Waals surface area contributed by atoms with E-state index in [2.05, 4.69) is 0 Å². The van der Waals surface area contributed by atoms with E-state index in [-0.39, 0.29) is 28.1 Å². The number of nitro groups is 2. The smallest absolute Gasteiger partial charge is 0.286 e. The van der Waals surface area contributed by atoms with Crippen LogP contribution in [0.5, 0.6) is 0 Å². The van der Waals surface area contributed by atoms with Crippen LogP contribution in [-0.4, -0.2) is 15.0 Å². The molecule has 0 saturated heterocycles. The van der Waals surface area contributed by atoms with Gasteiger partial charge in [0, 0.05) is 0 Å². The first-order valence-electron chi connectivity index (χ1n) is 5.89. The maximum absolute atomic E-state index is 11.3. The molecule has 0 radical (unpaired) electrons. The summed E-state index contributed by atoms with van der Waals surface area (Å²) < 4.78 is 0. The van der Waals surface area contributed by atoms with Gasteiger partial charge in [0.1, 0.15) is 5.56 Å². The Bertz CT molecular complexity index is 590. The first kappa shape index (κ1) is 15.8. The van der Waals surface area contributed by atoms with Gasteiger partial charge in [0.15, 0.2) is 0 Å². The Morgan fingerprint density at radius 1 is 1.15 bits per heavy atom. The summed E-state index contributed by atoms with van der Waals surface area (Å²) in [7, 11) is 0. The molecule has 0 saturated carbocycles. The second-order valence-corrected chi connectivity index (χ2v) is 5.51. The summed E-state index contributed by atoms with van der Waals surface area (Å²) in [6.45, 7) is 5.81. The van der Waals surface area contributed by atoms with Gasteiger partial charge >= 0.3 is 0 Å². The second kappa shape index (κ2) is 5.04. The normalized spacial score (nSPS) is 11.4. The highest BCUT2D eigenvalue weighted by atomic mass is 16.6. The summed E-state index contributed by atoms with van der Waals surface area (Å²) in [6.07, 6.45) is 0. The number of nitro benzene ring substituents is 2. The molecule has 0 amide bonds. The Kier molecular flexibility index (Phi) is 3.99. The van der Waals surface area contributed by atoms with E-state index in [0.717, 1.165) is 0 Å². The fourth-order valence-corrected chi connectivity index (χ4v) is 2.33. The van der Waals surface area contributed by atoms with Crippen molar-refractivity contribution in [2.45, 2.75) is 39.7 Å². The zero-order valence-electron chi connectivity index (χ0n) is 11.8. The molecular formula is C12H17N3O5. The molecule has 0 spiro atoms. The number of hydrogen-bond donors (Lipinski definition) is 2. The summed E-state index contributed by atoms with van der Waals surface area (Å²) in [4.78, 5) is 21.0. The Morgan fingerprint density at radius 3 is 1.90 bits per heavy atom. The van der Waals surface area contributed by atoms with Crippen molar-refractivity contribution >= 4 is 17.1 Å². The van der Waals surface area contributed by atoms with Crippen LogP contribution in [0.25, 0.3) is 0 Å². The van der Waals surface area contributed by atoms with Crippen LogP contribution in [0.15, 0.2) is 0 Å². The number of aliphatic hydroxyl groups is 1. The highest BCUT2D eigenvalue weighted by Crippen LogP contribution is 2.45. The van der Waals surface area contributed by atoms with E-state index in [9.17, 15) is 25.3 Å². The molecular weight excluding hydrogens is 266 g/mol. The number of anilines is 1. The first-order valence-corrected chi connectivity index (χ1v) is 5.89. The number of aliphatic hydroxyl groups excluding tert-OH is 1. The Balaban J connectivity index is 4.02. The van der Waals surface area contributed by atoms with E-state index in [1.165, 1.54) is 6.92 Å². The van der Waals surface area contributed by atoms with E-state index < -0.39 is 27.6 Å². The van der Waals surface area contributed by atoms with E-state index in [1.54, 1.807) is 20.8 Å². The third-order valence-corrected chi connectivity index (χ3v) is 3.10. The molecule has 0 atom stereocenters. The van der Waals surface area contributed by atoms with Crippen LogP contribution < -0.4 is 5.73 Å². The molecule has 20 heavy (non-hydrogen) atoms. The van der Waals surface area contributed by atoms with Crippen LogP contribution in [0.3, 0.4) is 0 Å². The predicted molar refractivity (Wildman–Crippen MR) is 73.5 cm³/mol. The van der Waals surface area contributed by atoms with Crippen LogP contribution >= 0.6 is 0 Å². The molecule has 1 rings (SSSR count). The molecule has 0 heterocycles. The van der Waals surface area contributed by atoms with Crippen molar-refractivity contribution in [3.05, 3.63) is 36.9 Å². The van der Waals surface area contributed by atoms with Crippen molar-refractivity contribution in [1.29, 1.82) is 0 Å². The number of benzene rings is 1. The van der Waals surface area contributed by atoms with Gasteiger partial charge in [-0.1, -0.05) is 20.8 Å². The van der Waals surface area contributed by atoms with Crippen molar-refractivity contribution in [3.63, 3.8) is 0 Å². The van der Waals surface area contributed by atoms with Crippen LogP contribution in [0.2, 0.25) is 0 Å². The van der Waals surface area contributed by atoms with E-state index in [4.69, 9.17) is 5.73 Å². The minimum absolute atomic E-state index is 0.0805. The molecule has 8 heteroatoms. The van der Waals surface area contributed by atoms with Crippen LogP contribution in [0.4, 0.5) is 17.1 Å². The lowest BCUT2D eigenvalue weighted by molar-refractivity contribution is -0.396. The lowest BCUT2D eigenvalue weighted by Gasteiger charge is -2.23. The van der Waals surface area contributed by atoms with Gasteiger partial charge in [-0.3, -0.25) is 20.2 Å². The molecule has 1 aromatic carbocycles. The molecule has 0 aromatic heterocycles. The van der Waals surface area contributed by atoms with E-state index >= 15 is 0 Å². The van der Waals surface area contributed by atoms with E-state index in [0.29, 0.717) is 0 Å². The molecule has 1 aromatic rings. The van der Waals surface area contributed by atoms with Gasteiger partial charge in [0.25, 0.3) is 11.4 Å². The number of nitrogens with zero attached hydrogens (tertiary/aromatic N) is 2. The highest BCUT2D eigenvalue weighted by molar-refractivity contribution is 5.75. The summed E-state index contributed by atoms with van der Waals surface area (Å²) in [5, 5.41) is 31.7. The maximum Gasteiger partial charge on any atom is 0.286 e. The number of rotatable bonds is 3. The van der Waals surface area contributed by atoms with Gasteiger partial charge in [-0.15, -0.1) is 0 Å². The lowest BCUT2D eigenvalue weighted by Crippen LogP contribution is -2.20.